The Bertz CT molecular complexity index is 569. The average Bonchev–Trinajstić information content (AvgIpc) is 2.99. The standard InChI is InChI=1S/C14H14N2O3/c1-15-13(17)10-6-9(12-4-3-5-19-12)7-11(8-10)14(18)16-2/h3-8H,1-2H3,(H,15,17)(H,16,18). The molecule has 0 saturated carbocycles. The zero-order valence-corrected chi connectivity index (χ0v) is 10.7. The largest absolute Gasteiger partial charge is 0.464 e. The van der Waals surface area contributed by atoms with Gasteiger partial charge in [0.15, 0.2) is 0 Å². The summed E-state index contributed by atoms with van der Waals surface area (Å²) >= 11 is 0. The minimum atomic E-state index is -0.251. The van der Waals surface area contributed by atoms with Crippen LogP contribution in [0.25, 0.3) is 11.3 Å². The van der Waals surface area contributed by atoms with E-state index >= 15 is 0 Å². The second kappa shape index (κ2) is 5.39. The second-order valence-electron chi connectivity index (χ2n) is 3.93. The lowest BCUT2D eigenvalue weighted by Gasteiger charge is -2.07. The fraction of sp³-hybridized carbons (Fsp3) is 0.143. The number of carbonyl (C=O) groups is 2. The predicted octanol–water partition coefficient (Wildman–Crippen LogP) is 1.67. The van der Waals surface area contributed by atoms with Crippen LogP contribution in [0.1, 0.15) is 20.7 Å². The van der Waals surface area contributed by atoms with Crippen LogP contribution in [0.3, 0.4) is 0 Å². The van der Waals surface area contributed by atoms with Gasteiger partial charge in [0.25, 0.3) is 11.8 Å². The number of amides is 2. The molecule has 0 spiro atoms. The first-order chi connectivity index (χ1) is 9.15. The van der Waals surface area contributed by atoms with Crippen molar-refractivity contribution in [3.8, 4) is 11.3 Å². The topological polar surface area (TPSA) is 71.3 Å². The summed E-state index contributed by atoms with van der Waals surface area (Å²) in [5.41, 5.74) is 1.51. The lowest BCUT2D eigenvalue weighted by molar-refractivity contribution is 0.0962. The summed E-state index contributed by atoms with van der Waals surface area (Å²) in [7, 11) is 3.09. The molecule has 1 heterocycles. The van der Waals surface area contributed by atoms with Gasteiger partial charge in [-0.2, -0.15) is 0 Å². The summed E-state index contributed by atoms with van der Waals surface area (Å²) in [6.45, 7) is 0. The van der Waals surface area contributed by atoms with Crippen LogP contribution in [0.4, 0.5) is 0 Å². The third-order valence-corrected chi connectivity index (χ3v) is 2.72. The summed E-state index contributed by atoms with van der Waals surface area (Å²) in [6.07, 6.45) is 1.54. The van der Waals surface area contributed by atoms with Gasteiger partial charge >= 0.3 is 0 Å². The Morgan fingerprint density at radius 2 is 1.58 bits per heavy atom. The lowest BCUT2D eigenvalue weighted by atomic mass is 10.0. The van der Waals surface area contributed by atoms with E-state index in [1.165, 1.54) is 0 Å². The number of furan rings is 1. The second-order valence-corrected chi connectivity index (χ2v) is 3.93. The molecule has 0 fully saturated rings. The monoisotopic (exact) mass is 258 g/mol. The maximum absolute atomic E-state index is 11.7. The molecule has 0 unspecified atom stereocenters. The van der Waals surface area contributed by atoms with Gasteiger partial charge in [-0.1, -0.05) is 0 Å². The van der Waals surface area contributed by atoms with E-state index in [1.807, 2.05) is 0 Å². The average molecular weight is 258 g/mol. The minimum Gasteiger partial charge on any atom is -0.464 e. The number of rotatable bonds is 3. The van der Waals surface area contributed by atoms with Crippen molar-refractivity contribution in [1.29, 1.82) is 0 Å². The Balaban J connectivity index is 2.55. The van der Waals surface area contributed by atoms with E-state index in [4.69, 9.17) is 4.42 Å². The van der Waals surface area contributed by atoms with E-state index in [2.05, 4.69) is 10.6 Å². The van der Waals surface area contributed by atoms with E-state index in [0.717, 1.165) is 0 Å². The Kier molecular flexibility index (Phi) is 3.66. The number of nitrogens with one attached hydrogen (secondary N) is 2. The molecule has 5 nitrogen and oxygen atoms in total. The first-order valence-corrected chi connectivity index (χ1v) is 5.79. The van der Waals surface area contributed by atoms with Gasteiger partial charge in [-0.15, -0.1) is 0 Å². The Labute approximate surface area is 110 Å². The van der Waals surface area contributed by atoms with E-state index < -0.39 is 0 Å². The SMILES string of the molecule is CNC(=O)c1cc(C(=O)NC)cc(-c2ccco2)c1. The van der Waals surface area contributed by atoms with Gasteiger partial charge in [0.2, 0.25) is 0 Å². The van der Waals surface area contributed by atoms with Gasteiger partial charge in [-0.3, -0.25) is 9.59 Å². The van der Waals surface area contributed by atoms with Crippen molar-refractivity contribution < 1.29 is 14.0 Å². The molecule has 2 amide bonds. The molecule has 2 rings (SSSR count). The van der Waals surface area contributed by atoms with E-state index in [0.29, 0.717) is 22.5 Å². The van der Waals surface area contributed by atoms with Crippen LogP contribution in [-0.2, 0) is 0 Å². The molecule has 1 aromatic carbocycles. The summed E-state index contributed by atoms with van der Waals surface area (Å²) < 4.78 is 5.29. The Morgan fingerprint density at radius 3 is 2.00 bits per heavy atom. The van der Waals surface area contributed by atoms with Crippen molar-refractivity contribution in [2.75, 3.05) is 14.1 Å². The number of carbonyl (C=O) groups excluding carboxylic acids is 2. The van der Waals surface area contributed by atoms with Crippen molar-refractivity contribution in [1.82, 2.24) is 10.6 Å². The van der Waals surface area contributed by atoms with Crippen LogP contribution in [0.5, 0.6) is 0 Å². The summed E-state index contributed by atoms with van der Waals surface area (Å²) in [5, 5.41) is 5.07. The highest BCUT2D eigenvalue weighted by molar-refractivity contribution is 6.01. The molecule has 5 heteroatoms. The normalized spacial score (nSPS) is 10.0. The van der Waals surface area contributed by atoms with Gasteiger partial charge in [-0.05, 0) is 30.3 Å². The molecule has 0 radical (unpaired) electrons. The number of benzene rings is 1. The number of hydrogen-bond acceptors (Lipinski definition) is 3. The molecule has 0 bridgehead atoms. The van der Waals surface area contributed by atoms with Gasteiger partial charge in [0.05, 0.1) is 6.26 Å². The Hall–Kier alpha value is -2.56. The van der Waals surface area contributed by atoms with Gasteiger partial charge < -0.3 is 15.1 Å². The molecular formula is C14H14N2O3. The highest BCUT2D eigenvalue weighted by atomic mass is 16.3. The van der Waals surface area contributed by atoms with Crippen LogP contribution in [0, 0.1) is 0 Å². The predicted molar refractivity (Wildman–Crippen MR) is 70.9 cm³/mol. The molecule has 0 aliphatic carbocycles. The van der Waals surface area contributed by atoms with Gasteiger partial charge in [0.1, 0.15) is 5.76 Å². The third-order valence-electron chi connectivity index (χ3n) is 2.72. The van der Waals surface area contributed by atoms with Crippen molar-refractivity contribution in [2.24, 2.45) is 0 Å². The third kappa shape index (κ3) is 2.65. The molecule has 0 aliphatic heterocycles. The zero-order valence-electron chi connectivity index (χ0n) is 10.7. The van der Waals surface area contributed by atoms with Gasteiger partial charge in [-0.25, -0.2) is 0 Å². The van der Waals surface area contributed by atoms with E-state index in [-0.39, 0.29) is 11.8 Å². The maximum Gasteiger partial charge on any atom is 0.251 e. The lowest BCUT2D eigenvalue weighted by Crippen LogP contribution is -2.21. The fourth-order valence-electron chi connectivity index (χ4n) is 1.76. The van der Waals surface area contributed by atoms with Crippen LogP contribution in [0.2, 0.25) is 0 Å². The maximum atomic E-state index is 11.7. The molecule has 0 aliphatic rings. The molecule has 2 aromatic rings. The van der Waals surface area contributed by atoms with E-state index in [1.54, 1.807) is 50.7 Å². The molecule has 98 valence electrons. The highest BCUT2D eigenvalue weighted by Gasteiger charge is 2.13. The van der Waals surface area contributed by atoms with Crippen LogP contribution < -0.4 is 10.6 Å². The first kappa shape index (κ1) is 12.9. The molecule has 19 heavy (non-hydrogen) atoms. The molecule has 0 atom stereocenters. The van der Waals surface area contributed by atoms with Crippen LogP contribution >= 0.6 is 0 Å². The van der Waals surface area contributed by atoms with Gasteiger partial charge in [0, 0.05) is 30.8 Å². The summed E-state index contributed by atoms with van der Waals surface area (Å²) in [4.78, 5) is 23.4. The molecular weight excluding hydrogens is 244 g/mol. The highest BCUT2D eigenvalue weighted by Crippen LogP contribution is 2.23. The van der Waals surface area contributed by atoms with E-state index in [9.17, 15) is 9.59 Å². The molecule has 1 aromatic heterocycles. The van der Waals surface area contributed by atoms with Crippen molar-refractivity contribution in [3.63, 3.8) is 0 Å². The fourth-order valence-corrected chi connectivity index (χ4v) is 1.76. The van der Waals surface area contributed by atoms with Crippen LogP contribution in [0.15, 0.2) is 41.0 Å². The quantitative estimate of drug-likeness (QED) is 0.879. The van der Waals surface area contributed by atoms with Crippen molar-refractivity contribution in [2.45, 2.75) is 0 Å². The number of hydrogen-bond donors (Lipinski definition) is 2. The zero-order chi connectivity index (χ0) is 13.8. The van der Waals surface area contributed by atoms with Crippen molar-refractivity contribution in [3.05, 3.63) is 47.7 Å². The Morgan fingerprint density at radius 1 is 1.00 bits per heavy atom. The molecule has 2 N–H and O–H groups in total. The molecule has 0 saturated heterocycles. The first-order valence-electron chi connectivity index (χ1n) is 5.79. The minimum absolute atomic E-state index is 0.251. The summed E-state index contributed by atoms with van der Waals surface area (Å²) in [5.74, 6) is 0.105. The summed E-state index contributed by atoms with van der Waals surface area (Å²) in [6, 6.07) is 8.44. The van der Waals surface area contributed by atoms with Crippen LogP contribution in [-0.4, -0.2) is 25.9 Å². The smallest absolute Gasteiger partial charge is 0.251 e. The van der Waals surface area contributed by atoms with Crippen molar-refractivity contribution >= 4 is 11.8 Å².